The van der Waals surface area contributed by atoms with Crippen molar-refractivity contribution < 1.29 is 13.6 Å². The van der Waals surface area contributed by atoms with Crippen LogP contribution in [0.3, 0.4) is 0 Å². The van der Waals surface area contributed by atoms with Gasteiger partial charge in [0.15, 0.2) is 0 Å². The molecule has 1 aliphatic carbocycles. The summed E-state index contributed by atoms with van der Waals surface area (Å²) >= 11 is 0. The van der Waals surface area contributed by atoms with Gasteiger partial charge in [-0.3, -0.25) is 4.79 Å². The van der Waals surface area contributed by atoms with Gasteiger partial charge in [0, 0.05) is 31.1 Å². The van der Waals surface area contributed by atoms with Gasteiger partial charge in [0.1, 0.15) is 0 Å². The van der Waals surface area contributed by atoms with Crippen molar-refractivity contribution in [2.24, 2.45) is 5.92 Å². The lowest BCUT2D eigenvalue weighted by Crippen LogP contribution is -2.32. The Kier molecular flexibility index (Phi) is 4.85. The highest BCUT2D eigenvalue weighted by molar-refractivity contribution is 5.80. The maximum absolute atomic E-state index is 12.5. The fraction of sp³-hybridized carbons (Fsp3) is 0.500. The molecule has 104 valence electrons. The molecular weight excluding hydrogens is 250 g/mol. The van der Waals surface area contributed by atoms with Crippen molar-refractivity contribution in [1.29, 1.82) is 0 Å². The summed E-state index contributed by atoms with van der Waals surface area (Å²) in [5.41, 5.74) is 0.868. The van der Waals surface area contributed by atoms with E-state index in [1.54, 1.807) is 6.07 Å². The van der Waals surface area contributed by atoms with Crippen LogP contribution in [0.4, 0.5) is 8.78 Å². The van der Waals surface area contributed by atoms with E-state index in [0.29, 0.717) is 19.6 Å². The van der Waals surface area contributed by atoms with E-state index in [1.165, 1.54) is 12.1 Å². The van der Waals surface area contributed by atoms with Crippen LogP contribution < -0.4 is 10.6 Å². The number of amides is 1. The Morgan fingerprint density at radius 3 is 2.79 bits per heavy atom. The van der Waals surface area contributed by atoms with Crippen LogP contribution in [0.25, 0.3) is 0 Å². The first-order valence-electron chi connectivity index (χ1n) is 6.52. The minimum Gasteiger partial charge on any atom is -0.355 e. The molecule has 0 heterocycles. The van der Waals surface area contributed by atoms with E-state index in [0.717, 1.165) is 18.4 Å². The second-order valence-electron chi connectivity index (χ2n) is 4.79. The van der Waals surface area contributed by atoms with Crippen molar-refractivity contribution in [2.75, 3.05) is 13.1 Å². The van der Waals surface area contributed by atoms with E-state index >= 15 is 0 Å². The molecule has 0 unspecified atom stereocenters. The number of carbonyl (C=O) groups excluding carboxylic acids is 1. The Morgan fingerprint density at radius 1 is 1.32 bits per heavy atom. The number of hydrogen-bond acceptors (Lipinski definition) is 2. The Labute approximate surface area is 111 Å². The fourth-order valence-electron chi connectivity index (χ4n) is 1.84. The second kappa shape index (κ2) is 6.61. The van der Waals surface area contributed by atoms with Gasteiger partial charge in [0.25, 0.3) is 6.43 Å². The van der Waals surface area contributed by atoms with Crippen molar-refractivity contribution in [3.05, 3.63) is 35.4 Å². The first-order valence-corrected chi connectivity index (χ1v) is 6.52. The fourth-order valence-corrected chi connectivity index (χ4v) is 1.84. The molecule has 2 N–H and O–H groups in total. The molecule has 0 aliphatic heterocycles. The van der Waals surface area contributed by atoms with Crippen LogP contribution in [0.5, 0.6) is 0 Å². The number of carbonyl (C=O) groups is 1. The predicted molar refractivity (Wildman–Crippen MR) is 68.8 cm³/mol. The molecule has 1 fully saturated rings. The summed E-state index contributed by atoms with van der Waals surface area (Å²) in [4.78, 5) is 11.3. The van der Waals surface area contributed by atoms with Gasteiger partial charge < -0.3 is 10.6 Å². The second-order valence-corrected chi connectivity index (χ2v) is 4.79. The minimum absolute atomic E-state index is 0.0429. The monoisotopic (exact) mass is 268 g/mol. The van der Waals surface area contributed by atoms with Crippen molar-refractivity contribution in [3.63, 3.8) is 0 Å². The molecule has 1 aromatic carbocycles. The van der Waals surface area contributed by atoms with Crippen LogP contribution in [0.1, 0.15) is 30.4 Å². The van der Waals surface area contributed by atoms with E-state index < -0.39 is 6.43 Å². The van der Waals surface area contributed by atoms with Gasteiger partial charge >= 0.3 is 0 Å². The Bertz CT molecular complexity index is 433. The highest BCUT2D eigenvalue weighted by Gasteiger charge is 2.28. The normalized spacial score (nSPS) is 14.7. The highest BCUT2D eigenvalue weighted by Crippen LogP contribution is 2.28. The summed E-state index contributed by atoms with van der Waals surface area (Å²) in [6, 6.07) is 6.36. The summed E-state index contributed by atoms with van der Waals surface area (Å²) in [5.74, 6) is 0.351. The average molecular weight is 268 g/mol. The van der Waals surface area contributed by atoms with E-state index in [1.807, 2.05) is 6.07 Å². The van der Waals surface area contributed by atoms with Crippen molar-refractivity contribution in [1.82, 2.24) is 10.6 Å². The summed E-state index contributed by atoms with van der Waals surface area (Å²) < 4.78 is 25.0. The first kappa shape index (κ1) is 13.9. The average Bonchev–Trinajstić information content (AvgIpc) is 3.22. The van der Waals surface area contributed by atoms with Gasteiger partial charge in [-0.25, -0.2) is 8.78 Å². The molecule has 1 aliphatic rings. The molecule has 1 aromatic rings. The van der Waals surface area contributed by atoms with Crippen LogP contribution in [-0.2, 0) is 11.3 Å². The SMILES string of the molecule is O=C(NCCNCc1cccc(C(F)F)c1)C1CC1. The molecule has 0 bridgehead atoms. The van der Waals surface area contributed by atoms with Crippen LogP contribution >= 0.6 is 0 Å². The summed E-state index contributed by atoms with van der Waals surface area (Å²) in [5, 5.41) is 5.96. The van der Waals surface area contributed by atoms with Gasteiger partial charge in [-0.2, -0.15) is 0 Å². The molecule has 0 aromatic heterocycles. The predicted octanol–water partition coefficient (Wildman–Crippen LogP) is 2.24. The van der Waals surface area contributed by atoms with Gasteiger partial charge in [-0.1, -0.05) is 18.2 Å². The third-order valence-corrected chi connectivity index (χ3v) is 3.08. The van der Waals surface area contributed by atoms with Crippen LogP contribution in [0, 0.1) is 5.92 Å². The van der Waals surface area contributed by atoms with E-state index in [9.17, 15) is 13.6 Å². The lowest BCUT2D eigenvalue weighted by Gasteiger charge is -2.08. The van der Waals surface area contributed by atoms with Gasteiger partial charge in [0.2, 0.25) is 5.91 Å². The topological polar surface area (TPSA) is 41.1 Å². The number of hydrogen-bond donors (Lipinski definition) is 2. The third-order valence-electron chi connectivity index (χ3n) is 3.08. The summed E-state index contributed by atoms with van der Waals surface area (Å²) in [6.07, 6.45) is -0.433. The zero-order valence-electron chi connectivity index (χ0n) is 10.7. The molecule has 5 heteroatoms. The maximum atomic E-state index is 12.5. The van der Waals surface area contributed by atoms with Crippen molar-refractivity contribution >= 4 is 5.91 Å². The quantitative estimate of drug-likeness (QED) is 0.745. The van der Waals surface area contributed by atoms with Crippen molar-refractivity contribution in [3.8, 4) is 0 Å². The zero-order chi connectivity index (χ0) is 13.7. The van der Waals surface area contributed by atoms with Gasteiger partial charge in [0.05, 0.1) is 0 Å². The van der Waals surface area contributed by atoms with Gasteiger partial charge in [-0.15, -0.1) is 0 Å². The summed E-state index contributed by atoms with van der Waals surface area (Å²) in [6.45, 7) is 1.74. The molecule has 2 rings (SSSR count). The Hall–Kier alpha value is -1.49. The van der Waals surface area contributed by atoms with E-state index in [-0.39, 0.29) is 17.4 Å². The number of benzene rings is 1. The molecule has 0 radical (unpaired) electrons. The van der Waals surface area contributed by atoms with E-state index in [4.69, 9.17) is 0 Å². The molecule has 3 nitrogen and oxygen atoms in total. The summed E-state index contributed by atoms with van der Waals surface area (Å²) in [7, 11) is 0. The first-order chi connectivity index (χ1) is 9.16. The number of halogens is 2. The van der Waals surface area contributed by atoms with Crippen LogP contribution in [0.15, 0.2) is 24.3 Å². The lowest BCUT2D eigenvalue weighted by molar-refractivity contribution is -0.122. The molecule has 0 saturated heterocycles. The standard InChI is InChI=1S/C14H18F2N2O/c15-13(16)12-3-1-2-10(8-12)9-17-6-7-18-14(19)11-4-5-11/h1-3,8,11,13,17H,4-7,9H2,(H,18,19). The van der Waals surface area contributed by atoms with Crippen LogP contribution in [0.2, 0.25) is 0 Å². The molecule has 0 spiro atoms. The number of alkyl halides is 2. The number of nitrogens with one attached hydrogen (secondary N) is 2. The third kappa shape index (κ3) is 4.59. The maximum Gasteiger partial charge on any atom is 0.263 e. The largest absolute Gasteiger partial charge is 0.355 e. The zero-order valence-corrected chi connectivity index (χ0v) is 10.7. The molecular formula is C14H18F2N2O. The Balaban J connectivity index is 1.64. The number of rotatable bonds is 7. The molecule has 1 amide bonds. The minimum atomic E-state index is -2.43. The smallest absolute Gasteiger partial charge is 0.263 e. The Morgan fingerprint density at radius 2 is 2.11 bits per heavy atom. The van der Waals surface area contributed by atoms with Gasteiger partial charge in [-0.05, 0) is 24.5 Å². The van der Waals surface area contributed by atoms with Crippen LogP contribution in [-0.4, -0.2) is 19.0 Å². The van der Waals surface area contributed by atoms with E-state index in [2.05, 4.69) is 10.6 Å². The highest BCUT2D eigenvalue weighted by atomic mass is 19.3. The molecule has 0 atom stereocenters. The molecule has 1 saturated carbocycles. The molecule has 19 heavy (non-hydrogen) atoms. The van der Waals surface area contributed by atoms with Crippen molar-refractivity contribution in [2.45, 2.75) is 25.8 Å². The lowest BCUT2D eigenvalue weighted by atomic mass is 10.1.